The van der Waals surface area contributed by atoms with E-state index in [2.05, 4.69) is 5.32 Å². The molecular weight excluding hydrogens is 292 g/mol. The summed E-state index contributed by atoms with van der Waals surface area (Å²) in [5.74, 6) is -1.04. The van der Waals surface area contributed by atoms with Crippen LogP contribution in [0.25, 0.3) is 0 Å². The molecule has 3 N–H and O–H groups in total. The zero-order valence-corrected chi connectivity index (χ0v) is 12.8. The lowest BCUT2D eigenvalue weighted by Crippen LogP contribution is -2.41. The number of anilines is 1. The molecule has 0 radical (unpaired) electrons. The van der Waals surface area contributed by atoms with E-state index in [0.29, 0.717) is 37.3 Å². The van der Waals surface area contributed by atoms with E-state index in [1.54, 1.807) is 19.1 Å². The largest absolute Gasteiger partial charge is 0.398 e. The van der Waals surface area contributed by atoms with Gasteiger partial charge in [0.1, 0.15) is 5.75 Å². The zero-order valence-electron chi connectivity index (χ0n) is 12.0. The number of sulfone groups is 1. The van der Waals surface area contributed by atoms with Gasteiger partial charge in [0.15, 0.2) is 9.84 Å². The van der Waals surface area contributed by atoms with Crippen molar-refractivity contribution in [3.8, 4) is 0 Å². The number of benzene rings is 1. The van der Waals surface area contributed by atoms with Crippen LogP contribution < -0.4 is 11.1 Å². The zero-order chi connectivity index (χ0) is 15.5. The second-order valence-electron chi connectivity index (χ2n) is 5.18. The molecule has 1 aliphatic rings. The minimum Gasteiger partial charge on any atom is -0.398 e. The molecule has 0 bridgehead atoms. The molecule has 1 heterocycles. The van der Waals surface area contributed by atoms with Gasteiger partial charge in [-0.2, -0.15) is 0 Å². The monoisotopic (exact) mass is 312 g/mol. The molecule has 0 spiro atoms. The number of nitrogens with one attached hydrogen (secondary N) is 1. The fourth-order valence-electron chi connectivity index (χ4n) is 2.33. The van der Waals surface area contributed by atoms with Crippen LogP contribution in [-0.2, 0) is 19.4 Å². The van der Waals surface area contributed by atoms with E-state index in [-0.39, 0.29) is 10.9 Å². The van der Waals surface area contributed by atoms with E-state index >= 15 is 0 Å². The topological polar surface area (TPSA) is 98.5 Å². The molecule has 0 atom stereocenters. The highest BCUT2D eigenvalue weighted by Gasteiger charge is 2.24. The lowest BCUT2D eigenvalue weighted by atomic mass is 10.1. The Morgan fingerprint density at radius 1 is 1.38 bits per heavy atom. The third kappa shape index (κ3) is 3.95. The highest BCUT2D eigenvalue weighted by molar-refractivity contribution is 7.92. The smallest absolute Gasteiger partial charge is 0.235 e. The molecule has 6 nitrogen and oxygen atoms in total. The number of carbonyl (C=O) groups is 1. The summed E-state index contributed by atoms with van der Waals surface area (Å²) in [7, 11) is -3.69. The number of carbonyl (C=O) groups excluding carboxylic acids is 1. The summed E-state index contributed by atoms with van der Waals surface area (Å²) in [5, 5.41) is 2.75. The molecule has 1 aromatic rings. The predicted octanol–water partition coefficient (Wildman–Crippen LogP) is 0.646. The van der Waals surface area contributed by atoms with Crippen LogP contribution in [-0.4, -0.2) is 39.3 Å². The SMILES string of the molecule is Cc1c(N)cccc1S(=O)(=O)CC(=O)NC1CCOCC1. The molecule has 1 aliphatic heterocycles. The summed E-state index contributed by atoms with van der Waals surface area (Å²) in [6.45, 7) is 2.82. The average Bonchev–Trinajstić information content (AvgIpc) is 2.42. The molecule has 1 amide bonds. The number of rotatable bonds is 4. The molecule has 7 heteroatoms. The lowest BCUT2D eigenvalue weighted by molar-refractivity contribution is -0.119. The van der Waals surface area contributed by atoms with Crippen LogP contribution in [0.1, 0.15) is 18.4 Å². The minimum atomic E-state index is -3.69. The predicted molar refractivity (Wildman–Crippen MR) is 79.6 cm³/mol. The normalized spacial score (nSPS) is 16.6. The van der Waals surface area contributed by atoms with E-state index in [4.69, 9.17) is 10.5 Å². The molecular formula is C14H20N2O4S. The highest BCUT2D eigenvalue weighted by Crippen LogP contribution is 2.21. The van der Waals surface area contributed by atoms with Crippen LogP contribution in [0.2, 0.25) is 0 Å². The number of hydrogen-bond donors (Lipinski definition) is 2. The van der Waals surface area contributed by atoms with E-state index in [9.17, 15) is 13.2 Å². The van der Waals surface area contributed by atoms with Crippen molar-refractivity contribution in [2.75, 3.05) is 24.7 Å². The minimum absolute atomic E-state index is 0.0108. The van der Waals surface area contributed by atoms with Crippen LogP contribution in [0.15, 0.2) is 23.1 Å². The Morgan fingerprint density at radius 3 is 2.71 bits per heavy atom. The fourth-order valence-corrected chi connectivity index (χ4v) is 3.78. The standard InChI is InChI=1S/C14H20N2O4S/c1-10-12(15)3-2-4-13(10)21(18,19)9-14(17)16-11-5-7-20-8-6-11/h2-4,11H,5-9,15H2,1H3,(H,16,17). The second-order valence-corrected chi connectivity index (χ2v) is 7.14. The van der Waals surface area contributed by atoms with E-state index in [1.807, 2.05) is 0 Å². The van der Waals surface area contributed by atoms with Crippen molar-refractivity contribution < 1.29 is 17.9 Å². The van der Waals surface area contributed by atoms with Crippen LogP contribution >= 0.6 is 0 Å². The van der Waals surface area contributed by atoms with Crippen LogP contribution in [0.4, 0.5) is 5.69 Å². The third-order valence-corrected chi connectivity index (χ3v) is 5.32. The van der Waals surface area contributed by atoms with Crippen molar-refractivity contribution in [1.29, 1.82) is 0 Å². The summed E-state index contributed by atoms with van der Waals surface area (Å²) in [5.41, 5.74) is 6.61. The number of nitrogens with two attached hydrogens (primary N) is 1. The number of hydrogen-bond acceptors (Lipinski definition) is 5. The van der Waals surface area contributed by atoms with Gasteiger partial charge in [-0.15, -0.1) is 0 Å². The third-order valence-electron chi connectivity index (χ3n) is 3.57. The fraction of sp³-hybridized carbons (Fsp3) is 0.500. The Kier molecular flexibility index (Phi) is 4.84. The van der Waals surface area contributed by atoms with Gasteiger partial charge in [0.25, 0.3) is 0 Å². The van der Waals surface area contributed by atoms with Crippen molar-refractivity contribution >= 4 is 21.4 Å². The molecule has 0 unspecified atom stereocenters. The molecule has 0 saturated carbocycles. The maximum absolute atomic E-state index is 12.3. The Hall–Kier alpha value is -1.60. The number of nitrogen functional groups attached to an aromatic ring is 1. The molecule has 2 rings (SSSR count). The van der Waals surface area contributed by atoms with Gasteiger partial charge in [-0.25, -0.2) is 8.42 Å². The molecule has 1 aromatic carbocycles. The van der Waals surface area contributed by atoms with E-state index in [0.717, 1.165) is 0 Å². The van der Waals surface area contributed by atoms with Crippen LogP contribution in [0.3, 0.4) is 0 Å². The molecule has 1 saturated heterocycles. The van der Waals surface area contributed by atoms with Crippen LogP contribution in [0, 0.1) is 6.92 Å². The van der Waals surface area contributed by atoms with Gasteiger partial charge in [-0.1, -0.05) is 6.07 Å². The molecule has 116 valence electrons. The molecule has 21 heavy (non-hydrogen) atoms. The second kappa shape index (κ2) is 6.44. The van der Waals surface area contributed by atoms with Gasteiger partial charge in [0.2, 0.25) is 5.91 Å². The van der Waals surface area contributed by atoms with E-state index in [1.165, 1.54) is 6.07 Å². The Bertz CT molecular complexity index is 622. The Morgan fingerprint density at radius 2 is 2.05 bits per heavy atom. The lowest BCUT2D eigenvalue weighted by Gasteiger charge is -2.23. The quantitative estimate of drug-likeness (QED) is 0.795. The van der Waals surface area contributed by atoms with Crippen molar-refractivity contribution in [2.24, 2.45) is 0 Å². The van der Waals surface area contributed by atoms with Gasteiger partial charge in [0, 0.05) is 24.9 Å². The number of ether oxygens (including phenoxy) is 1. The highest BCUT2D eigenvalue weighted by atomic mass is 32.2. The van der Waals surface area contributed by atoms with Gasteiger partial charge in [0.05, 0.1) is 4.90 Å². The maximum atomic E-state index is 12.3. The van der Waals surface area contributed by atoms with Gasteiger partial charge in [-0.3, -0.25) is 4.79 Å². The molecule has 0 aromatic heterocycles. The summed E-state index contributed by atoms with van der Waals surface area (Å²) >= 11 is 0. The van der Waals surface area contributed by atoms with Crippen molar-refractivity contribution in [1.82, 2.24) is 5.32 Å². The first kappa shape index (κ1) is 15.8. The van der Waals surface area contributed by atoms with Gasteiger partial charge in [-0.05, 0) is 37.5 Å². The average molecular weight is 312 g/mol. The summed E-state index contributed by atoms with van der Waals surface area (Å²) in [4.78, 5) is 12.0. The molecule has 1 fully saturated rings. The number of amides is 1. The van der Waals surface area contributed by atoms with Gasteiger partial charge < -0.3 is 15.8 Å². The first-order chi connectivity index (χ1) is 9.90. The van der Waals surface area contributed by atoms with Crippen molar-refractivity contribution in [3.05, 3.63) is 23.8 Å². The summed E-state index contributed by atoms with van der Waals surface area (Å²) in [6, 6.07) is 4.67. The first-order valence-corrected chi connectivity index (χ1v) is 8.50. The Balaban J connectivity index is 2.06. The molecule has 0 aliphatic carbocycles. The van der Waals surface area contributed by atoms with Crippen molar-refractivity contribution in [3.63, 3.8) is 0 Å². The first-order valence-electron chi connectivity index (χ1n) is 6.85. The summed E-state index contributed by atoms with van der Waals surface area (Å²) < 4.78 is 29.8. The van der Waals surface area contributed by atoms with Gasteiger partial charge >= 0.3 is 0 Å². The summed E-state index contributed by atoms with van der Waals surface area (Å²) in [6.07, 6.45) is 1.42. The maximum Gasteiger partial charge on any atom is 0.235 e. The van der Waals surface area contributed by atoms with Crippen molar-refractivity contribution in [2.45, 2.75) is 30.7 Å². The van der Waals surface area contributed by atoms with E-state index < -0.39 is 21.5 Å². The Labute approximate surface area is 124 Å². The van der Waals surface area contributed by atoms with Crippen LogP contribution in [0.5, 0.6) is 0 Å².